The molecule has 1 heterocycles. The zero-order chi connectivity index (χ0) is 10.6. The van der Waals surface area contributed by atoms with Crippen molar-refractivity contribution in [2.45, 2.75) is 26.4 Å². The van der Waals surface area contributed by atoms with Crippen LogP contribution in [0, 0.1) is 5.92 Å². The first-order valence-electron chi connectivity index (χ1n) is 5.29. The molecular formula is C10H20N2O2. The van der Waals surface area contributed by atoms with E-state index in [-0.39, 0.29) is 12.0 Å². The molecule has 0 aliphatic carbocycles. The van der Waals surface area contributed by atoms with E-state index in [2.05, 4.69) is 12.2 Å². The van der Waals surface area contributed by atoms with Gasteiger partial charge in [0.2, 0.25) is 5.91 Å². The van der Waals surface area contributed by atoms with Gasteiger partial charge in [0.1, 0.15) is 0 Å². The highest BCUT2D eigenvalue weighted by molar-refractivity contribution is 5.77. The molecule has 2 atom stereocenters. The summed E-state index contributed by atoms with van der Waals surface area (Å²) in [5, 5.41) is 12.3. The molecule has 1 fully saturated rings. The number of rotatable bonds is 3. The van der Waals surface area contributed by atoms with E-state index in [9.17, 15) is 9.90 Å². The molecule has 0 saturated carbocycles. The number of nitrogens with one attached hydrogen (secondary N) is 1. The van der Waals surface area contributed by atoms with Crippen LogP contribution < -0.4 is 5.32 Å². The molecule has 0 unspecified atom stereocenters. The van der Waals surface area contributed by atoms with Crippen LogP contribution in [0.3, 0.4) is 0 Å². The van der Waals surface area contributed by atoms with E-state index in [1.807, 2.05) is 11.8 Å². The van der Waals surface area contributed by atoms with Gasteiger partial charge < -0.3 is 10.4 Å². The summed E-state index contributed by atoms with van der Waals surface area (Å²) in [7, 11) is 0. The molecule has 1 rings (SSSR count). The summed E-state index contributed by atoms with van der Waals surface area (Å²) >= 11 is 0. The van der Waals surface area contributed by atoms with Crippen LogP contribution in [0.4, 0.5) is 0 Å². The molecule has 0 bridgehead atoms. The topological polar surface area (TPSA) is 52.6 Å². The van der Waals surface area contributed by atoms with Crippen molar-refractivity contribution in [3.8, 4) is 0 Å². The van der Waals surface area contributed by atoms with Crippen molar-refractivity contribution in [3.63, 3.8) is 0 Å². The Morgan fingerprint density at radius 1 is 1.57 bits per heavy atom. The predicted octanol–water partition coefficient (Wildman–Crippen LogP) is -0.175. The molecule has 14 heavy (non-hydrogen) atoms. The first kappa shape index (κ1) is 11.5. The Hall–Kier alpha value is -0.610. The van der Waals surface area contributed by atoms with Crippen LogP contribution >= 0.6 is 0 Å². The van der Waals surface area contributed by atoms with Gasteiger partial charge in [-0.25, -0.2) is 0 Å². The smallest absolute Gasteiger partial charge is 0.234 e. The van der Waals surface area contributed by atoms with Gasteiger partial charge >= 0.3 is 0 Å². The lowest BCUT2D eigenvalue weighted by Gasteiger charge is -2.33. The number of nitrogens with zero attached hydrogens (tertiary/aromatic N) is 1. The second-order valence-corrected chi connectivity index (χ2v) is 4.14. The lowest BCUT2D eigenvalue weighted by Crippen LogP contribution is -2.46. The molecule has 4 heteroatoms. The van der Waals surface area contributed by atoms with Gasteiger partial charge in [-0.15, -0.1) is 0 Å². The number of likely N-dealkylation sites (tertiary alicyclic amines) is 1. The van der Waals surface area contributed by atoms with E-state index in [0.717, 1.165) is 13.0 Å². The van der Waals surface area contributed by atoms with Gasteiger partial charge in [0.15, 0.2) is 0 Å². The molecule has 0 spiro atoms. The lowest BCUT2D eigenvalue weighted by atomic mass is 9.98. The highest BCUT2D eigenvalue weighted by Crippen LogP contribution is 2.15. The summed E-state index contributed by atoms with van der Waals surface area (Å²) < 4.78 is 0. The number of carbonyl (C=O) groups is 1. The molecule has 4 nitrogen and oxygen atoms in total. The van der Waals surface area contributed by atoms with Crippen LogP contribution in [0.15, 0.2) is 0 Å². The maximum Gasteiger partial charge on any atom is 0.234 e. The van der Waals surface area contributed by atoms with Crippen molar-refractivity contribution < 1.29 is 9.90 Å². The second kappa shape index (κ2) is 5.32. The summed E-state index contributed by atoms with van der Waals surface area (Å²) in [6.45, 7) is 6.63. The normalized spacial score (nSPS) is 28.8. The number of carbonyl (C=O) groups excluding carboxylic acids is 1. The second-order valence-electron chi connectivity index (χ2n) is 4.14. The predicted molar refractivity (Wildman–Crippen MR) is 54.9 cm³/mol. The van der Waals surface area contributed by atoms with Crippen LogP contribution in [0.1, 0.15) is 20.3 Å². The number of hydrogen-bond acceptors (Lipinski definition) is 3. The SMILES string of the molecule is CCNC(=O)CN1C[C@@H](C)C[C@@H](O)C1. The third kappa shape index (κ3) is 3.64. The summed E-state index contributed by atoms with van der Waals surface area (Å²) in [4.78, 5) is 13.3. The standard InChI is InChI=1S/C10H20N2O2/c1-3-11-10(14)7-12-5-8(2)4-9(13)6-12/h8-9,13H,3-7H2,1-2H3,(H,11,14)/t8-,9+/m0/s1. The first-order chi connectivity index (χ1) is 6.61. The number of likely N-dealkylation sites (N-methyl/N-ethyl adjacent to an activating group) is 1. The molecule has 1 aliphatic heterocycles. The third-order valence-electron chi connectivity index (χ3n) is 2.45. The van der Waals surface area contributed by atoms with Crippen LogP contribution in [-0.2, 0) is 4.79 Å². The van der Waals surface area contributed by atoms with Crippen molar-refractivity contribution in [3.05, 3.63) is 0 Å². The number of amides is 1. The van der Waals surface area contributed by atoms with Gasteiger partial charge in [-0.05, 0) is 19.3 Å². The fourth-order valence-electron chi connectivity index (χ4n) is 2.01. The molecule has 0 aromatic heterocycles. The summed E-state index contributed by atoms with van der Waals surface area (Å²) in [5.41, 5.74) is 0. The average Bonchev–Trinajstić information content (AvgIpc) is 2.01. The van der Waals surface area contributed by atoms with E-state index in [4.69, 9.17) is 0 Å². The van der Waals surface area contributed by atoms with E-state index in [0.29, 0.717) is 25.6 Å². The molecule has 0 radical (unpaired) electrons. The third-order valence-corrected chi connectivity index (χ3v) is 2.45. The highest BCUT2D eigenvalue weighted by Gasteiger charge is 2.23. The van der Waals surface area contributed by atoms with Gasteiger partial charge in [-0.3, -0.25) is 9.69 Å². The van der Waals surface area contributed by atoms with Crippen LogP contribution in [-0.4, -0.2) is 48.2 Å². The largest absolute Gasteiger partial charge is 0.392 e. The zero-order valence-corrected chi connectivity index (χ0v) is 8.99. The Bertz CT molecular complexity index is 187. The molecule has 1 aliphatic rings. The molecule has 0 aromatic carbocycles. The van der Waals surface area contributed by atoms with Crippen LogP contribution in [0.2, 0.25) is 0 Å². The Labute approximate surface area is 85.3 Å². The quantitative estimate of drug-likeness (QED) is 0.665. The van der Waals surface area contributed by atoms with Gasteiger partial charge in [0.05, 0.1) is 12.6 Å². The zero-order valence-electron chi connectivity index (χ0n) is 8.99. The number of β-amino-alcohol motifs (C(OH)–C–C–N with tert-alkyl or cyclic N) is 1. The van der Waals surface area contributed by atoms with E-state index >= 15 is 0 Å². The van der Waals surface area contributed by atoms with Crippen LogP contribution in [0.25, 0.3) is 0 Å². The highest BCUT2D eigenvalue weighted by atomic mass is 16.3. The molecule has 0 aromatic rings. The monoisotopic (exact) mass is 200 g/mol. The number of aliphatic hydroxyl groups excluding tert-OH is 1. The Morgan fingerprint density at radius 2 is 2.29 bits per heavy atom. The first-order valence-corrected chi connectivity index (χ1v) is 5.29. The van der Waals surface area contributed by atoms with E-state index in [1.54, 1.807) is 0 Å². The summed E-state index contributed by atoms with van der Waals surface area (Å²) in [6, 6.07) is 0. The van der Waals surface area contributed by atoms with Crippen LogP contribution in [0.5, 0.6) is 0 Å². The van der Waals surface area contributed by atoms with Crippen molar-refractivity contribution >= 4 is 5.91 Å². The molecule has 1 saturated heterocycles. The summed E-state index contributed by atoms with van der Waals surface area (Å²) in [6.07, 6.45) is 0.583. The molecule has 2 N–H and O–H groups in total. The minimum Gasteiger partial charge on any atom is -0.392 e. The van der Waals surface area contributed by atoms with Crippen molar-refractivity contribution in [2.24, 2.45) is 5.92 Å². The number of piperidine rings is 1. The van der Waals surface area contributed by atoms with Gasteiger partial charge in [-0.1, -0.05) is 6.92 Å². The minimum atomic E-state index is -0.270. The van der Waals surface area contributed by atoms with Gasteiger partial charge in [0, 0.05) is 19.6 Å². The van der Waals surface area contributed by atoms with Gasteiger partial charge in [-0.2, -0.15) is 0 Å². The Morgan fingerprint density at radius 3 is 2.86 bits per heavy atom. The van der Waals surface area contributed by atoms with E-state index < -0.39 is 0 Å². The summed E-state index contributed by atoms with van der Waals surface area (Å²) in [5.74, 6) is 0.530. The molecular weight excluding hydrogens is 180 g/mol. The van der Waals surface area contributed by atoms with E-state index in [1.165, 1.54) is 0 Å². The number of aliphatic hydroxyl groups is 1. The Kier molecular flexibility index (Phi) is 4.35. The maximum atomic E-state index is 11.3. The van der Waals surface area contributed by atoms with Crippen molar-refractivity contribution in [2.75, 3.05) is 26.2 Å². The Balaban J connectivity index is 2.33. The average molecular weight is 200 g/mol. The van der Waals surface area contributed by atoms with Gasteiger partial charge in [0.25, 0.3) is 0 Å². The maximum absolute atomic E-state index is 11.3. The molecule has 82 valence electrons. The lowest BCUT2D eigenvalue weighted by molar-refractivity contribution is -0.123. The fraction of sp³-hybridized carbons (Fsp3) is 0.900. The number of hydrogen-bond donors (Lipinski definition) is 2. The fourth-order valence-corrected chi connectivity index (χ4v) is 2.01. The molecule has 1 amide bonds. The van der Waals surface area contributed by atoms with Crippen molar-refractivity contribution in [1.82, 2.24) is 10.2 Å². The van der Waals surface area contributed by atoms with Crippen molar-refractivity contribution in [1.29, 1.82) is 0 Å². The minimum absolute atomic E-state index is 0.0498.